The predicted octanol–water partition coefficient (Wildman–Crippen LogP) is 0.217. The smallest absolute Gasteiger partial charge is 0.271 e. The molecule has 2 aromatic heterocycles. The molecule has 7 nitrogen and oxygen atoms in total. The van der Waals surface area contributed by atoms with Gasteiger partial charge in [-0.15, -0.1) is 10.2 Å². The Morgan fingerprint density at radius 1 is 1.55 bits per heavy atom. The van der Waals surface area contributed by atoms with Crippen LogP contribution in [0.25, 0.3) is 5.65 Å². The Balaban J connectivity index is 1.83. The maximum atomic E-state index is 12.6. The molecule has 1 atom stereocenters. The highest BCUT2D eigenvalue weighted by molar-refractivity contribution is 5.93. The van der Waals surface area contributed by atoms with Gasteiger partial charge in [0.05, 0.1) is 19.3 Å². The topological polar surface area (TPSA) is 69.0 Å². The average Bonchev–Trinajstić information content (AvgIpc) is 2.95. The second-order valence-electron chi connectivity index (χ2n) is 4.67. The highest BCUT2D eigenvalue weighted by Crippen LogP contribution is 2.12. The number of hydrogen-bond acceptors (Lipinski definition) is 5. The van der Waals surface area contributed by atoms with Crippen molar-refractivity contribution in [3.8, 4) is 0 Å². The molecule has 1 unspecified atom stereocenters. The summed E-state index contributed by atoms with van der Waals surface area (Å²) < 4.78 is 12.3. The number of carbonyl (C=O) groups is 1. The molecule has 3 heterocycles. The van der Waals surface area contributed by atoms with Crippen LogP contribution in [-0.2, 0) is 9.47 Å². The van der Waals surface area contributed by atoms with Crippen LogP contribution >= 0.6 is 0 Å². The zero-order valence-corrected chi connectivity index (χ0v) is 11.2. The summed E-state index contributed by atoms with van der Waals surface area (Å²) in [6, 6.07) is 5.40. The zero-order valence-electron chi connectivity index (χ0n) is 11.2. The van der Waals surface area contributed by atoms with Crippen LogP contribution in [0.1, 0.15) is 10.5 Å². The minimum Gasteiger partial charge on any atom is -0.382 e. The van der Waals surface area contributed by atoms with E-state index in [2.05, 4.69) is 10.2 Å². The Hall–Kier alpha value is -1.99. The lowest BCUT2D eigenvalue weighted by molar-refractivity contribution is -0.0532. The number of ether oxygens (including phenoxy) is 2. The van der Waals surface area contributed by atoms with Gasteiger partial charge in [0.2, 0.25) is 0 Å². The second kappa shape index (κ2) is 5.56. The molecule has 0 aliphatic carbocycles. The minimum absolute atomic E-state index is 0.0418. The van der Waals surface area contributed by atoms with Gasteiger partial charge in [-0.05, 0) is 12.1 Å². The monoisotopic (exact) mass is 276 g/mol. The summed E-state index contributed by atoms with van der Waals surface area (Å²) in [6.07, 6.45) is 1.48. The zero-order chi connectivity index (χ0) is 13.9. The Labute approximate surface area is 116 Å². The fourth-order valence-electron chi connectivity index (χ4n) is 2.38. The summed E-state index contributed by atoms with van der Waals surface area (Å²) in [4.78, 5) is 14.4. The van der Waals surface area contributed by atoms with Gasteiger partial charge in [-0.2, -0.15) is 0 Å². The lowest BCUT2D eigenvalue weighted by atomic mass is 10.2. The standard InChI is InChI=1S/C13H16N4O3/c1-19-8-10-7-16(5-6-20-10)13(18)11-3-2-4-12-15-14-9-17(11)12/h2-4,9-10H,5-8H2,1H3. The molecule has 1 fully saturated rings. The molecule has 0 spiro atoms. The first kappa shape index (κ1) is 13.0. The Kier molecular flexibility index (Phi) is 3.62. The Morgan fingerprint density at radius 3 is 3.30 bits per heavy atom. The SMILES string of the molecule is COCC1CN(C(=O)c2cccc3nncn23)CCO1. The molecule has 106 valence electrons. The largest absolute Gasteiger partial charge is 0.382 e. The van der Waals surface area contributed by atoms with Crippen LogP contribution in [-0.4, -0.2) is 64.9 Å². The van der Waals surface area contributed by atoms with Crippen molar-refractivity contribution in [2.45, 2.75) is 6.10 Å². The van der Waals surface area contributed by atoms with Gasteiger partial charge in [-0.3, -0.25) is 9.20 Å². The van der Waals surface area contributed by atoms with Crippen molar-refractivity contribution >= 4 is 11.6 Å². The van der Waals surface area contributed by atoms with Crippen LogP contribution in [0.2, 0.25) is 0 Å². The van der Waals surface area contributed by atoms with Crippen LogP contribution < -0.4 is 0 Å². The van der Waals surface area contributed by atoms with E-state index in [-0.39, 0.29) is 12.0 Å². The molecule has 1 amide bonds. The van der Waals surface area contributed by atoms with Gasteiger partial charge in [0.1, 0.15) is 12.0 Å². The van der Waals surface area contributed by atoms with Crippen molar-refractivity contribution in [2.24, 2.45) is 0 Å². The lowest BCUT2D eigenvalue weighted by Gasteiger charge is -2.32. The normalized spacial score (nSPS) is 19.4. The highest BCUT2D eigenvalue weighted by atomic mass is 16.5. The number of hydrogen-bond donors (Lipinski definition) is 0. The van der Waals surface area contributed by atoms with E-state index in [1.165, 1.54) is 0 Å². The molecule has 0 N–H and O–H groups in total. The number of methoxy groups -OCH3 is 1. The van der Waals surface area contributed by atoms with Crippen molar-refractivity contribution < 1.29 is 14.3 Å². The number of carbonyl (C=O) groups excluding carboxylic acids is 1. The average molecular weight is 276 g/mol. The summed E-state index contributed by atoms with van der Waals surface area (Å²) in [5.74, 6) is -0.0418. The number of morpholine rings is 1. The number of rotatable bonds is 3. The molecule has 0 bridgehead atoms. The molecule has 20 heavy (non-hydrogen) atoms. The van der Waals surface area contributed by atoms with E-state index in [1.54, 1.807) is 28.8 Å². The molecule has 2 aromatic rings. The van der Waals surface area contributed by atoms with Gasteiger partial charge >= 0.3 is 0 Å². The van der Waals surface area contributed by atoms with Crippen LogP contribution in [0.15, 0.2) is 24.5 Å². The third-order valence-electron chi connectivity index (χ3n) is 3.33. The maximum absolute atomic E-state index is 12.6. The quantitative estimate of drug-likeness (QED) is 0.802. The number of pyridine rings is 1. The molecule has 1 aliphatic rings. The van der Waals surface area contributed by atoms with Crippen molar-refractivity contribution in [3.05, 3.63) is 30.2 Å². The Bertz CT molecular complexity index is 610. The second-order valence-corrected chi connectivity index (χ2v) is 4.67. The molecule has 7 heteroatoms. The van der Waals surface area contributed by atoms with Crippen LogP contribution in [0.4, 0.5) is 0 Å². The van der Waals surface area contributed by atoms with E-state index in [0.29, 0.717) is 37.6 Å². The van der Waals surface area contributed by atoms with Crippen LogP contribution in [0, 0.1) is 0 Å². The van der Waals surface area contributed by atoms with Gasteiger partial charge in [-0.1, -0.05) is 6.07 Å². The van der Waals surface area contributed by atoms with Gasteiger partial charge in [0, 0.05) is 20.2 Å². The molecule has 3 rings (SSSR count). The van der Waals surface area contributed by atoms with E-state index < -0.39 is 0 Å². The van der Waals surface area contributed by atoms with Crippen molar-refractivity contribution in [3.63, 3.8) is 0 Å². The van der Waals surface area contributed by atoms with Gasteiger partial charge in [-0.25, -0.2) is 0 Å². The van der Waals surface area contributed by atoms with Gasteiger partial charge in [0.25, 0.3) is 5.91 Å². The van der Waals surface area contributed by atoms with E-state index in [0.717, 1.165) is 0 Å². The van der Waals surface area contributed by atoms with Crippen LogP contribution in [0.5, 0.6) is 0 Å². The summed E-state index contributed by atoms with van der Waals surface area (Å²) in [5, 5.41) is 7.78. The summed E-state index contributed by atoms with van der Waals surface area (Å²) in [5.41, 5.74) is 1.23. The number of nitrogens with zero attached hydrogens (tertiary/aromatic N) is 4. The molecular formula is C13H16N4O3. The van der Waals surface area contributed by atoms with E-state index >= 15 is 0 Å². The minimum atomic E-state index is -0.0715. The number of amides is 1. The highest BCUT2D eigenvalue weighted by Gasteiger charge is 2.26. The number of aromatic nitrogens is 3. The number of fused-ring (bicyclic) bond motifs is 1. The van der Waals surface area contributed by atoms with E-state index in [4.69, 9.17) is 9.47 Å². The molecule has 0 aromatic carbocycles. The Morgan fingerprint density at radius 2 is 2.45 bits per heavy atom. The predicted molar refractivity (Wildman–Crippen MR) is 70.5 cm³/mol. The van der Waals surface area contributed by atoms with Crippen molar-refractivity contribution in [1.29, 1.82) is 0 Å². The maximum Gasteiger partial charge on any atom is 0.271 e. The molecular weight excluding hydrogens is 260 g/mol. The fourth-order valence-corrected chi connectivity index (χ4v) is 2.38. The first-order chi connectivity index (χ1) is 9.79. The summed E-state index contributed by atoms with van der Waals surface area (Å²) >= 11 is 0. The lowest BCUT2D eigenvalue weighted by Crippen LogP contribution is -2.47. The first-order valence-corrected chi connectivity index (χ1v) is 6.48. The third kappa shape index (κ3) is 2.37. The molecule has 0 saturated carbocycles. The van der Waals surface area contributed by atoms with Gasteiger partial charge < -0.3 is 14.4 Å². The van der Waals surface area contributed by atoms with E-state index in [1.807, 2.05) is 12.1 Å². The van der Waals surface area contributed by atoms with Crippen molar-refractivity contribution in [2.75, 3.05) is 33.4 Å². The van der Waals surface area contributed by atoms with Gasteiger partial charge in [0.15, 0.2) is 5.65 Å². The summed E-state index contributed by atoms with van der Waals surface area (Å²) in [6.45, 7) is 2.13. The molecule has 1 aliphatic heterocycles. The first-order valence-electron chi connectivity index (χ1n) is 6.48. The molecule has 0 radical (unpaired) electrons. The van der Waals surface area contributed by atoms with Crippen molar-refractivity contribution in [1.82, 2.24) is 19.5 Å². The van der Waals surface area contributed by atoms with E-state index in [9.17, 15) is 4.79 Å². The molecule has 1 saturated heterocycles. The fraction of sp³-hybridized carbons (Fsp3) is 0.462. The third-order valence-corrected chi connectivity index (χ3v) is 3.33. The summed E-state index contributed by atoms with van der Waals surface area (Å²) in [7, 11) is 1.63. The van der Waals surface area contributed by atoms with Crippen LogP contribution in [0.3, 0.4) is 0 Å².